The van der Waals surface area contributed by atoms with Gasteiger partial charge in [-0.05, 0) is 18.1 Å². The lowest BCUT2D eigenvalue weighted by molar-refractivity contribution is -0.137. The summed E-state index contributed by atoms with van der Waals surface area (Å²) in [5.74, 6) is 0.0190. The zero-order valence-corrected chi connectivity index (χ0v) is 11.5. The molecule has 2 rings (SSSR count). The Kier molecular flexibility index (Phi) is 4.58. The molecule has 1 atom stereocenters. The van der Waals surface area contributed by atoms with E-state index >= 15 is 0 Å². The smallest absolute Gasteiger partial charge is 0.304 e. The quantitative estimate of drug-likeness (QED) is 0.877. The van der Waals surface area contributed by atoms with Gasteiger partial charge in [0.2, 0.25) is 0 Å². The third-order valence-electron chi connectivity index (χ3n) is 2.98. The molecule has 0 spiro atoms. The maximum atomic E-state index is 11.0. The molecule has 0 radical (unpaired) electrons. The number of hydrogen-bond acceptors (Lipinski definition) is 3. The first kappa shape index (κ1) is 13.6. The van der Waals surface area contributed by atoms with Crippen molar-refractivity contribution in [3.8, 4) is 5.75 Å². The molecule has 0 fully saturated rings. The summed E-state index contributed by atoms with van der Waals surface area (Å²) in [5, 5.41) is 11.0. The molecule has 0 saturated carbocycles. The highest BCUT2D eigenvalue weighted by Gasteiger charge is 2.18. The van der Waals surface area contributed by atoms with Crippen LogP contribution in [0.1, 0.15) is 22.8 Å². The Morgan fingerprint density at radius 3 is 2.68 bits per heavy atom. The molecule has 1 aromatic carbocycles. The van der Waals surface area contributed by atoms with Crippen LogP contribution in [-0.2, 0) is 11.2 Å². The molecule has 0 aliphatic carbocycles. The van der Waals surface area contributed by atoms with E-state index in [-0.39, 0.29) is 12.3 Å². The highest BCUT2D eigenvalue weighted by Crippen LogP contribution is 2.32. The van der Waals surface area contributed by atoms with E-state index in [1.54, 1.807) is 18.4 Å². The fourth-order valence-corrected chi connectivity index (χ4v) is 3.00. The highest BCUT2D eigenvalue weighted by atomic mass is 32.1. The van der Waals surface area contributed by atoms with Crippen molar-refractivity contribution in [2.75, 3.05) is 7.11 Å². The monoisotopic (exact) mass is 276 g/mol. The lowest BCUT2D eigenvalue weighted by Crippen LogP contribution is -2.08. The van der Waals surface area contributed by atoms with Crippen molar-refractivity contribution in [3.05, 3.63) is 52.2 Å². The van der Waals surface area contributed by atoms with Gasteiger partial charge in [0.25, 0.3) is 0 Å². The molecule has 0 amide bonds. The molecule has 3 nitrogen and oxygen atoms in total. The van der Waals surface area contributed by atoms with Crippen molar-refractivity contribution in [3.63, 3.8) is 0 Å². The first-order valence-corrected chi connectivity index (χ1v) is 6.95. The number of carbonyl (C=O) groups is 1. The maximum Gasteiger partial charge on any atom is 0.304 e. The second-order valence-corrected chi connectivity index (χ2v) is 5.32. The molecule has 0 aliphatic rings. The van der Waals surface area contributed by atoms with Gasteiger partial charge in [-0.15, -0.1) is 11.3 Å². The molecular weight excluding hydrogens is 260 g/mol. The molecule has 0 saturated heterocycles. The van der Waals surface area contributed by atoms with Crippen molar-refractivity contribution in [2.24, 2.45) is 0 Å². The number of benzene rings is 1. The lowest BCUT2D eigenvalue weighted by atomic mass is 9.95. The predicted molar refractivity (Wildman–Crippen MR) is 76.0 cm³/mol. The SMILES string of the molecule is COc1csc(C(CC(=O)O)Cc2ccccc2)c1. The third kappa shape index (κ3) is 3.83. The molecule has 1 heterocycles. The number of thiophene rings is 1. The topological polar surface area (TPSA) is 46.5 Å². The molecule has 100 valence electrons. The third-order valence-corrected chi connectivity index (χ3v) is 4.05. The van der Waals surface area contributed by atoms with Crippen LogP contribution in [0.5, 0.6) is 5.75 Å². The molecule has 0 aliphatic heterocycles. The van der Waals surface area contributed by atoms with Crippen LogP contribution in [0.3, 0.4) is 0 Å². The summed E-state index contributed by atoms with van der Waals surface area (Å²) in [7, 11) is 1.62. The van der Waals surface area contributed by atoms with Crippen LogP contribution in [0.25, 0.3) is 0 Å². The van der Waals surface area contributed by atoms with Crippen molar-refractivity contribution < 1.29 is 14.6 Å². The fourth-order valence-electron chi connectivity index (χ4n) is 2.04. The van der Waals surface area contributed by atoms with Crippen LogP contribution >= 0.6 is 11.3 Å². The van der Waals surface area contributed by atoms with E-state index in [0.717, 1.165) is 22.6 Å². The Balaban J connectivity index is 2.18. The number of aliphatic carboxylic acids is 1. The second kappa shape index (κ2) is 6.38. The molecule has 19 heavy (non-hydrogen) atoms. The van der Waals surface area contributed by atoms with Gasteiger partial charge in [0.1, 0.15) is 5.75 Å². The van der Waals surface area contributed by atoms with Gasteiger partial charge in [-0.25, -0.2) is 0 Å². The summed E-state index contributed by atoms with van der Waals surface area (Å²) in [5.41, 5.74) is 1.15. The average molecular weight is 276 g/mol. The van der Waals surface area contributed by atoms with Crippen LogP contribution in [-0.4, -0.2) is 18.2 Å². The number of hydrogen-bond donors (Lipinski definition) is 1. The van der Waals surface area contributed by atoms with Crippen molar-refractivity contribution in [1.29, 1.82) is 0 Å². The van der Waals surface area contributed by atoms with Gasteiger partial charge in [-0.2, -0.15) is 0 Å². The molecular formula is C15H16O3S. The van der Waals surface area contributed by atoms with E-state index in [2.05, 4.69) is 0 Å². The first-order chi connectivity index (χ1) is 9.19. The van der Waals surface area contributed by atoms with Crippen LogP contribution in [0.4, 0.5) is 0 Å². The summed E-state index contributed by atoms with van der Waals surface area (Å²) in [6.07, 6.45) is 0.870. The fraction of sp³-hybridized carbons (Fsp3) is 0.267. The lowest BCUT2D eigenvalue weighted by Gasteiger charge is -2.13. The van der Waals surface area contributed by atoms with Crippen LogP contribution in [0.15, 0.2) is 41.8 Å². The summed E-state index contributed by atoms with van der Waals surface area (Å²) < 4.78 is 5.16. The number of methoxy groups -OCH3 is 1. The number of carboxylic acids is 1. The van der Waals surface area contributed by atoms with E-state index in [1.165, 1.54) is 0 Å². The minimum absolute atomic E-state index is 0.00574. The standard InChI is InChI=1S/C15H16O3S/c1-18-13-9-14(19-10-13)12(8-15(16)17)7-11-5-3-2-4-6-11/h2-6,9-10,12H,7-8H2,1H3,(H,16,17). The van der Waals surface area contributed by atoms with Gasteiger partial charge < -0.3 is 9.84 Å². The van der Waals surface area contributed by atoms with E-state index in [1.807, 2.05) is 41.8 Å². The largest absolute Gasteiger partial charge is 0.496 e. The molecule has 1 unspecified atom stereocenters. The molecule has 0 bridgehead atoms. The van der Waals surface area contributed by atoms with Crippen molar-refractivity contribution in [2.45, 2.75) is 18.8 Å². The zero-order valence-electron chi connectivity index (χ0n) is 10.7. The van der Waals surface area contributed by atoms with E-state index < -0.39 is 5.97 Å². The normalized spacial score (nSPS) is 12.1. The Labute approximate surface area is 116 Å². The number of ether oxygens (including phenoxy) is 1. The zero-order chi connectivity index (χ0) is 13.7. The molecule has 1 N–H and O–H groups in total. The van der Waals surface area contributed by atoms with E-state index in [4.69, 9.17) is 9.84 Å². The highest BCUT2D eigenvalue weighted by molar-refractivity contribution is 7.10. The minimum Gasteiger partial charge on any atom is -0.496 e. The maximum absolute atomic E-state index is 11.0. The molecule has 1 aromatic heterocycles. The van der Waals surface area contributed by atoms with Crippen LogP contribution in [0.2, 0.25) is 0 Å². The van der Waals surface area contributed by atoms with Crippen molar-refractivity contribution >= 4 is 17.3 Å². The van der Waals surface area contributed by atoms with Crippen molar-refractivity contribution in [1.82, 2.24) is 0 Å². The average Bonchev–Trinajstić information content (AvgIpc) is 2.87. The molecule has 4 heteroatoms. The van der Waals surface area contributed by atoms with Gasteiger partial charge in [0.05, 0.1) is 13.5 Å². The summed E-state index contributed by atoms with van der Waals surface area (Å²) >= 11 is 1.56. The predicted octanol–water partition coefficient (Wildman–Crippen LogP) is 3.56. The van der Waals surface area contributed by atoms with Crippen LogP contribution in [0, 0.1) is 0 Å². The Morgan fingerprint density at radius 2 is 2.11 bits per heavy atom. The molecule has 2 aromatic rings. The summed E-state index contributed by atoms with van der Waals surface area (Å²) in [6, 6.07) is 11.9. The van der Waals surface area contributed by atoms with Gasteiger partial charge in [-0.3, -0.25) is 4.79 Å². The Hall–Kier alpha value is -1.81. The summed E-state index contributed by atoms with van der Waals surface area (Å²) in [6.45, 7) is 0. The van der Waals surface area contributed by atoms with E-state index in [9.17, 15) is 4.79 Å². The first-order valence-electron chi connectivity index (χ1n) is 6.07. The number of carboxylic acid groups (broad SMARTS) is 1. The number of rotatable bonds is 6. The minimum atomic E-state index is -0.770. The van der Waals surface area contributed by atoms with Gasteiger partial charge in [-0.1, -0.05) is 30.3 Å². The van der Waals surface area contributed by atoms with Gasteiger partial charge in [0.15, 0.2) is 0 Å². The van der Waals surface area contributed by atoms with Gasteiger partial charge in [0, 0.05) is 16.2 Å². The van der Waals surface area contributed by atoms with E-state index in [0.29, 0.717) is 0 Å². The second-order valence-electron chi connectivity index (χ2n) is 4.37. The Bertz CT molecular complexity index is 533. The van der Waals surface area contributed by atoms with Gasteiger partial charge >= 0.3 is 5.97 Å². The Morgan fingerprint density at radius 1 is 1.37 bits per heavy atom. The summed E-state index contributed by atoms with van der Waals surface area (Å²) in [4.78, 5) is 12.1. The van der Waals surface area contributed by atoms with Crippen LogP contribution < -0.4 is 4.74 Å².